The van der Waals surface area contributed by atoms with Crippen LogP contribution in [-0.4, -0.2) is 16.9 Å². The Hall–Kier alpha value is -2.93. The first kappa shape index (κ1) is 20.3. The molecule has 1 heterocycles. The highest BCUT2D eigenvalue weighted by Crippen LogP contribution is 2.30. The second kappa shape index (κ2) is 8.83. The van der Waals surface area contributed by atoms with E-state index in [1.165, 1.54) is 17.8 Å². The Labute approximate surface area is 180 Å². The number of fused-ring (bicyclic) bond motifs is 1. The summed E-state index contributed by atoms with van der Waals surface area (Å²) < 4.78 is 0.967. The van der Waals surface area contributed by atoms with Crippen molar-refractivity contribution in [3.05, 3.63) is 47.5 Å². The third-order valence-corrected chi connectivity index (χ3v) is 6.28. The summed E-state index contributed by atoms with van der Waals surface area (Å²) in [5.41, 5.74) is 4.35. The molecule has 1 aliphatic rings. The topological polar surface area (TPSA) is 83.1 Å². The molecule has 0 atom stereocenters. The van der Waals surface area contributed by atoms with Gasteiger partial charge in [0, 0.05) is 17.3 Å². The number of aryl methyl sites for hydroxylation is 2. The van der Waals surface area contributed by atoms with E-state index in [4.69, 9.17) is 0 Å². The lowest BCUT2D eigenvalue weighted by Gasteiger charge is -2.19. The lowest BCUT2D eigenvalue weighted by atomic mass is 9.89. The van der Waals surface area contributed by atoms with Crippen LogP contribution in [0, 0.1) is 19.8 Å². The summed E-state index contributed by atoms with van der Waals surface area (Å²) in [5.74, 6) is 0.164. The largest absolute Gasteiger partial charge is 0.323 e. The number of hydrogen-bond acceptors (Lipinski definition) is 4. The molecule has 1 aromatic heterocycles. The number of carbonyl (C=O) groups excluding carboxylic acids is 2. The third kappa shape index (κ3) is 4.97. The number of hydrogen-bond donors (Lipinski definition) is 3. The third-order valence-electron chi connectivity index (χ3n) is 5.33. The van der Waals surface area contributed by atoms with Crippen molar-refractivity contribution in [2.45, 2.75) is 46.0 Å². The van der Waals surface area contributed by atoms with Gasteiger partial charge >= 0.3 is 6.03 Å². The average molecular weight is 423 g/mol. The number of amides is 3. The zero-order chi connectivity index (χ0) is 21.1. The number of nitrogens with one attached hydrogen (secondary N) is 3. The Morgan fingerprint density at radius 3 is 2.33 bits per heavy atom. The van der Waals surface area contributed by atoms with Gasteiger partial charge in [-0.1, -0.05) is 36.7 Å². The van der Waals surface area contributed by atoms with E-state index in [0.717, 1.165) is 52.7 Å². The zero-order valence-electron chi connectivity index (χ0n) is 17.2. The van der Waals surface area contributed by atoms with Crippen molar-refractivity contribution in [3.8, 4) is 0 Å². The minimum absolute atomic E-state index is 0.0694. The summed E-state index contributed by atoms with van der Waals surface area (Å²) >= 11 is 1.45. The van der Waals surface area contributed by atoms with Crippen molar-refractivity contribution in [3.63, 3.8) is 0 Å². The molecule has 1 saturated carbocycles. The first-order chi connectivity index (χ1) is 14.5. The van der Waals surface area contributed by atoms with Crippen molar-refractivity contribution in [2.75, 3.05) is 16.0 Å². The van der Waals surface area contributed by atoms with Gasteiger partial charge in [-0.3, -0.25) is 4.79 Å². The van der Waals surface area contributed by atoms with Crippen LogP contribution in [0.2, 0.25) is 0 Å². The van der Waals surface area contributed by atoms with E-state index in [0.29, 0.717) is 10.8 Å². The van der Waals surface area contributed by atoms with Crippen LogP contribution in [0.1, 0.15) is 43.2 Å². The van der Waals surface area contributed by atoms with E-state index in [1.807, 2.05) is 44.2 Å². The molecule has 4 rings (SSSR count). The molecule has 0 bridgehead atoms. The molecule has 0 radical (unpaired) electrons. The van der Waals surface area contributed by atoms with Gasteiger partial charge in [0.25, 0.3) is 0 Å². The monoisotopic (exact) mass is 422 g/mol. The van der Waals surface area contributed by atoms with Gasteiger partial charge in [-0.05, 0) is 68.1 Å². The number of carbonyl (C=O) groups is 2. The van der Waals surface area contributed by atoms with Gasteiger partial charge in [0.1, 0.15) is 0 Å². The Morgan fingerprint density at radius 1 is 0.900 bits per heavy atom. The van der Waals surface area contributed by atoms with E-state index in [2.05, 4.69) is 27.0 Å². The van der Waals surface area contributed by atoms with E-state index >= 15 is 0 Å². The van der Waals surface area contributed by atoms with Crippen LogP contribution in [0.5, 0.6) is 0 Å². The zero-order valence-corrected chi connectivity index (χ0v) is 18.1. The fraction of sp³-hybridized carbons (Fsp3) is 0.348. The van der Waals surface area contributed by atoms with Gasteiger partial charge in [0.05, 0.1) is 10.2 Å². The van der Waals surface area contributed by atoms with Gasteiger partial charge in [-0.15, -0.1) is 0 Å². The second-order valence-corrected chi connectivity index (χ2v) is 9.01. The van der Waals surface area contributed by atoms with Gasteiger partial charge in [0.2, 0.25) is 5.91 Å². The molecule has 1 fully saturated rings. The smallest absolute Gasteiger partial charge is 0.308 e. The minimum atomic E-state index is -0.305. The van der Waals surface area contributed by atoms with Crippen molar-refractivity contribution >= 4 is 50.0 Å². The van der Waals surface area contributed by atoms with E-state index in [9.17, 15) is 9.59 Å². The van der Waals surface area contributed by atoms with Gasteiger partial charge in [0.15, 0.2) is 5.13 Å². The van der Waals surface area contributed by atoms with Crippen LogP contribution < -0.4 is 16.0 Å². The summed E-state index contributed by atoms with van der Waals surface area (Å²) in [6.07, 6.45) is 5.38. The summed E-state index contributed by atoms with van der Waals surface area (Å²) in [6.45, 7) is 3.99. The van der Waals surface area contributed by atoms with E-state index < -0.39 is 0 Å². The van der Waals surface area contributed by atoms with Crippen molar-refractivity contribution in [2.24, 2.45) is 5.92 Å². The van der Waals surface area contributed by atoms with Crippen LogP contribution in [0.25, 0.3) is 10.2 Å². The average Bonchev–Trinajstić information content (AvgIpc) is 3.09. The predicted octanol–water partition coefficient (Wildman–Crippen LogP) is 6.08. The maximum absolute atomic E-state index is 12.5. The standard InChI is InChI=1S/C23H26N4O2S/c1-14-10-15(2)12-18(11-14)25-22(29)24-17-8-9-20-19(13-17)26-23(30-20)27-21(28)16-6-4-3-5-7-16/h8-13,16H,3-7H2,1-2H3,(H2,24,25,29)(H,26,27,28). The molecule has 3 amide bonds. The van der Waals surface area contributed by atoms with Crippen molar-refractivity contribution in [1.82, 2.24) is 4.98 Å². The van der Waals surface area contributed by atoms with Crippen LogP contribution in [0.15, 0.2) is 36.4 Å². The quantitative estimate of drug-likeness (QED) is 0.477. The highest BCUT2D eigenvalue weighted by Gasteiger charge is 2.22. The summed E-state index contributed by atoms with van der Waals surface area (Å²) in [5, 5.41) is 9.30. The summed E-state index contributed by atoms with van der Waals surface area (Å²) in [4.78, 5) is 29.4. The van der Waals surface area contributed by atoms with Crippen LogP contribution in [-0.2, 0) is 4.79 Å². The van der Waals surface area contributed by atoms with Crippen LogP contribution in [0.3, 0.4) is 0 Å². The second-order valence-electron chi connectivity index (χ2n) is 7.98. The molecule has 30 heavy (non-hydrogen) atoms. The summed E-state index contributed by atoms with van der Waals surface area (Å²) in [6, 6.07) is 11.2. The summed E-state index contributed by atoms with van der Waals surface area (Å²) in [7, 11) is 0. The molecule has 0 aliphatic heterocycles. The molecule has 0 unspecified atom stereocenters. The van der Waals surface area contributed by atoms with Crippen LogP contribution >= 0.6 is 11.3 Å². The number of nitrogens with zero attached hydrogens (tertiary/aromatic N) is 1. The molecule has 0 spiro atoms. The molecule has 3 N–H and O–H groups in total. The first-order valence-corrected chi connectivity index (χ1v) is 11.2. The molecule has 1 aliphatic carbocycles. The molecule has 7 heteroatoms. The fourth-order valence-electron chi connectivity index (χ4n) is 3.97. The first-order valence-electron chi connectivity index (χ1n) is 10.3. The maximum Gasteiger partial charge on any atom is 0.323 e. The van der Waals surface area contributed by atoms with Crippen LogP contribution in [0.4, 0.5) is 21.3 Å². The van der Waals surface area contributed by atoms with Crippen molar-refractivity contribution in [1.29, 1.82) is 0 Å². The van der Waals surface area contributed by atoms with Gasteiger partial charge in [-0.2, -0.15) is 0 Å². The highest BCUT2D eigenvalue weighted by molar-refractivity contribution is 7.22. The Morgan fingerprint density at radius 2 is 1.60 bits per heavy atom. The molecular formula is C23H26N4O2S. The molecular weight excluding hydrogens is 396 g/mol. The molecule has 3 aromatic rings. The fourth-order valence-corrected chi connectivity index (χ4v) is 4.82. The SMILES string of the molecule is Cc1cc(C)cc(NC(=O)Nc2ccc3sc(NC(=O)C4CCCCC4)nc3c2)c1. The molecule has 6 nitrogen and oxygen atoms in total. The van der Waals surface area contributed by atoms with Gasteiger partial charge < -0.3 is 16.0 Å². The maximum atomic E-state index is 12.5. The lowest BCUT2D eigenvalue weighted by molar-refractivity contribution is -0.120. The number of anilines is 3. The van der Waals surface area contributed by atoms with Gasteiger partial charge in [-0.25, -0.2) is 9.78 Å². The number of aromatic nitrogens is 1. The molecule has 0 saturated heterocycles. The number of rotatable bonds is 4. The number of thiazole rings is 1. The number of benzene rings is 2. The Kier molecular flexibility index (Phi) is 5.99. The Bertz CT molecular complexity index is 1070. The Balaban J connectivity index is 1.41. The predicted molar refractivity (Wildman–Crippen MR) is 123 cm³/mol. The van der Waals surface area contributed by atoms with E-state index in [1.54, 1.807) is 0 Å². The minimum Gasteiger partial charge on any atom is -0.308 e. The number of urea groups is 1. The van der Waals surface area contributed by atoms with E-state index in [-0.39, 0.29) is 17.9 Å². The lowest BCUT2D eigenvalue weighted by Crippen LogP contribution is -2.24. The normalized spacial score (nSPS) is 14.5. The molecule has 2 aromatic carbocycles. The highest BCUT2D eigenvalue weighted by atomic mass is 32.1. The molecule has 156 valence electrons. The van der Waals surface area contributed by atoms with Crippen molar-refractivity contribution < 1.29 is 9.59 Å².